The fraction of sp³-hybridized carbons (Fsp3) is 0.318. The van der Waals surface area contributed by atoms with Crippen molar-refractivity contribution in [3.63, 3.8) is 0 Å². The largest absolute Gasteiger partial charge is 0.335 e. The lowest BCUT2D eigenvalue weighted by Gasteiger charge is -2.25. The molecule has 28 heavy (non-hydrogen) atoms. The van der Waals surface area contributed by atoms with E-state index in [0.29, 0.717) is 18.8 Å². The monoisotopic (exact) mass is 375 g/mol. The Balaban J connectivity index is 1.55. The van der Waals surface area contributed by atoms with E-state index in [4.69, 9.17) is 0 Å². The van der Waals surface area contributed by atoms with E-state index < -0.39 is 0 Å². The normalized spacial score (nSPS) is 19.4. The molecule has 0 spiro atoms. The van der Waals surface area contributed by atoms with E-state index in [1.54, 1.807) is 10.9 Å². The topological polar surface area (TPSA) is 54.3 Å². The van der Waals surface area contributed by atoms with E-state index in [1.807, 2.05) is 35.2 Å². The Morgan fingerprint density at radius 1 is 1.04 bits per heavy atom. The van der Waals surface area contributed by atoms with Crippen LogP contribution in [0.25, 0.3) is 5.69 Å². The molecule has 4 rings (SSSR count). The third kappa shape index (κ3) is 3.55. The molecule has 0 saturated carbocycles. The van der Waals surface area contributed by atoms with Crippen LogP contribution in [0.15, 0.2) is 60.8 Å². The van der Waals surface area contributed by atoms with Crippen molar-refractivity contribution in [1.29, 1.82) is 0 Å². The lowest BCUT2D eigenvalue weighted by atomic mass is 9.93. The molecule has 1 aromatic heterocycles. The van der Waals surface area contributed by atoms with Crippen LogP contribution >= 0.6 is 0 Å². The van der Waals surface area contributed by atoms with Crippen molar-refractivity contribution in [2.24, 2.45) is 0 Å². The molecule has 1 saturated heterocycles. The van der Waals surface area contributed by atoms with Crippen LogP contribution in [0.1, 0.15) is 27.5 Å². The van der Waals surface area contributed by atoms with Gasteiger partial charge in [0.2, 0.25) is 0 Å². The second-order valence-electron chi connectivity index (χ2n) is 7.64. The highest BCUT2D eigenvalue weighted by Crippen LogP contribution is 2.31. The average molecular weight is 375 g/mol. The maximum Gasteiger partial charge on any atom is 0.276 e. The Hall–Kier alpha value is -2.99. The van der Waals surface area contributed by atoms with Gasteiger partial charge in [0.25, 0.3) is 5.91 Å². The Kier molecular flexibility index (Phi) is 4.96. The van der Waals surface area contributed by atoms with E-state index in [0.717, 1.165) is 5.69 Å². The summed E-state index contributed by atoms with van der Waals surface area (Å²) in [5.74, 6) is 0.215. The number of para-hydroxylation sites is 1. The molecular weight excluding hydrogens is 350 g/mol. The number of rotatable bonds is 4. The summed E-state index contributed by atoms with van der Waals surface area (Å²) in [7, 11) is 4.15. The van der Waals surface area contributed by atoms with Crippen molar-refractivity contribution < 1.29 is 4.79 Å². The van der Waals surface area contributed by atoms with Gasteiger partial charge in [-0.05, 0) is 38.7 Å². The third-order valence-electron chi connectivity index (χ3n) is 5.48. The highest BCUT2D eigenvalue weighted by atomic mass is 16.2. The molecule has 1 fully saturated rings. The molecule has 144 valence electrons. The van der Waals surface area contributed by atoms with Gasteiger partial charge >= 0.3 is 0 Å². The zero-order valence-corrected chi connectivity index (χ0v) is 16.5. The zero-order valence-electron chi connectivity index (χ0n) is 16.5. The molecule has 2 aromatic carbocycles. The van der Waals surface area contributed by atoms with Gasteiger partial charge in [-0.2, -0.15) is 0 Å². The van der Waals surface area contributed by atoms with Gasteiger partial charge < -0.3 is 9.80 Å². The van der Waals surface area contributed by atoms with Gasteiger partial charge in [-0.15, -0.1) is 5.10 Å². The number of amides is 1. The van der Waals surface area contributed by atoms with Gasteiger partial charge in [-0.3, -0.25) is 4.79 Å². The smallest absolute Gasteiger partial charge is 0.276 e. The lowest BCUT2D eigenvalue weighted by molar-refractivity contribution is 0.0776. The highest BCUT2D eigenvalue weighted by molar-refractivity contribution is 5.92. The van der Waals surface area contributed by atoms with Crippen LogP contribution in [0.2, 0.25) is 0 Å². The van der Waals surface area contributed by atoms with Crippen LogP contribution in [0.5, 0.6) is 0 Å². The average Bonchev–Trinajstić information content (AvgIpc) is 3.37. The number of likely N-dealkylation sites (N-methyl/N-ethyl adjacent to an activating group) is 1. The summed E-state index contributed by atoms with van der Waals surface area (Å²) in [4.78, 5) is 17.2. The zero-order chi connectivity index (χ0) is 19.7. The number of aryl methyl sites for hydroxylation is 1. The first-order valence-electron chi connectivity index (χ1n) is 9.53. The van der Waals surface area contributed by atoms with E-state index in [1.165, 1.54) is 11.1 Å². The Bertz CT molecular complexity index is 949. The summed E-state index contributed by atoms with van der Waals surface area (Å²) in [6.07, 6.45) is 1.71. The van der Waals surface area contributed by atoms with Crippen LogP contribution in [0.4, 0.5) is 0 Å². The summed E-state index contributed by atoms with van der Waals surface area (Å²) in [5.41, 5.74) is 3.78. The van der Waals surface area contributed by atoms with Gasteiger partial charge in [0.1, 0.15) is 0 Å². The Labute approximate surface area is 165 Å². The summed E-state index contributed by atoms with van der Waals surface area (Å²) in [6, 6.07) is 18.6. The first-order valence-corrected chi connectivity index (χ1v) is 9.53. The standard InChI is InChI=1S/C22H25N5O/c1-16-9-11-17(12-10-16)19-13-26(15-21(19)25(2)3)22(28)20-14-27(24-23-20)18-7-5-4-6-8-18/h4-12,14,19,21H,13,15H2,1-3H3. The maximum absolute atomic E-state index is 13.1. The Morgan fingerprint density at radius 3 is 2.43 bits per heavy atom. The van der Waals surface area contributed by atoms with E-state index in [2.05, 4.69) is 60.5 Å². The summed E-state index contributed by atoms with van der Waals surface area (Å²) < 4.78 is 1.64. The van der Waals surface area contributed by atoms with Gasteiger partial charge in [0.15, 0.2) is 5.69 Å². The molecule has 3 aromatic rings. The van der Waals surface area contributed by atoms with Crippen LogP contribution < -0.4 is 0 Å². The summed E-state index contributed by atoms with van der Waals surface area (Å²) in [5, 5.41) is 8.25. The number of aromatic nitrogens is 3. The molecule has 0 radical (unpaired) electrons. The van der Waals surface area contributed by atoms with Crippen molar-refractivity contribution in [3.05, 3.63) is 77.6 Å². The van der Waals surface area contributed by atoms with Gasteiger partial charge in [0, 0.05) is 25.0 Å². The van der Waals surface area contributed by atoms with E-state index in [-0.39, 0.29) is 17.9 Å². The first kappa shape index (κ1) is 18.4. The van der Waals surface area contributed by atoms with Gasteiger partial charge in [-0.1, -0.05) is 53.2 Å². The molecule has 1 amide bonds. The van der Waals surface area contributed by atoms with Crippen molar-refractivity contribution >= 4 is 5.91 Å². The van der Waals surface area contributed by atoms with Gasteiger partial charge in [-0.25, -0.2) is 4.68 Å². The fourth-order valence-electron chi connectivity index (χ4n) is 3.85. The maximum atomic E-state index is 13.1. The third-order valence-corrected chi connectivity index (χ3v) is 5.48. The number of carbonyl (C=O) groups is 1. The van der Waals surface area contributed by atoms with Crippen molar-refractivity contribution in [1.82, 2.24) is 24.8 Å². The van der Waals surface area contributed by atoms with E-state index in [9.17, 15) is 4.79 Å². The molecule has 1 aliphatic rings. The highest BCUT2D eigenvalue weighted by Gasteiger charge is 2.38. The minimum atomic E-state index is -0.0661. The minimum absolute atomic E-state index is 0.0661. The van der Waals surface area contributed by atoms with Crippen LogP contribution in [0.3, 0.4) is 0 Å². The molecule has 0 bridgehead atoms. The molecule has 1 aliphatic heterocycles. The molecule has 0 N–H and O–H groups in total. The second-order valence-corrected chi connectivity index (χ2v) is 7.64. The van der Waals surface area contributed by atoms with Crippen molar-refractivity contribution in [2.45, 2.75) is 18.9 Å². The number of nitrogens with zero attached hydrogens (tertiary/aromatic N) is 5. The first-order chi connectivity index (χ1) is 13.5. The number of likely N-dealkylation sites (tertiary alicyclic amines) is 1. The molecule has 2 heterocycles. The number of benzene rings is 2. The number of hydrogen-bond acceptors (Lipinski definition) is 4. The van der Waals surface area contributed by atoms with Crippen molar-refractivity contribution in [2.75, 3.05) is 27.2 Å². The summed E-state index contributed by atoms with van der Waals surface area (Å²) in [6.45, 7) is 3.46. The Morgan fingerprint density at radius 2 is 1.75 bits per heavy atom. The molecular formula is C22H25N5O. The second kappa shape index (κ2) is 7.56. The van der Waals surface area contributed by atoms with Crippen LogP contribution in [0, 0.1) is 6.92 Å². The summed E-state index contributed by atoms with van der Waals surface area (Å²) >= 11 is 0. The lowest BCUT2D eigenvalue weighted by Crippen LogP contribution is -2.36. The molecule has 2 atom stereocenters. The SMILES string of the molecule is Cc1ccc(C2CN(C(=O)c3cn(-c4ccccc4)nn3)CC2N(C)C)cc1. The van der Waals surface area contributed by atoms with Crippen molar-refractivity contribution in [3.8, 4) is 5.69 Å². The van der Waals surface area contributed by atoms with E-state index >= 15 is 0 Å². The molecule has 2 unspecified atom stereocenters. The molecule has 0 aliphatic carbocycles. The van der Waals surface area contributed by atoms with Crippen LogP contribution in [-0.2, 0) is 0 Å². The quantitative estimate of drug-likeness (QED) is 0.704. The predicted molar refractivity (Wildman–Crippen MR) is 109 cm³/mol. The predicted octanol–water partition coefficient (Wildman–Crippen LogP) is 2.75. The minimum Gasteiger partial charge on any atom is -0.335 e. The fourth-order valence-corrected chi connectivity index (χ4v) is 3.85. The molecule has 6 heteroatoms. The van der Waals surface area contributed by atoms with Gasteiger partial charge in [0.05, 0.1) is 11.9 Å². The number of hydrogen-bond donors (Lipinski definition) is 0. The molecule has 6 nitrogen and oxygen atoms in total. The number of carbonyl (C=O) groups excluding carboxylic acids is 1. The van der Waals surface area contributed by atoms with Crippen LogP contribution in [-0.4, -0.2) is 63.9 Å².